The molecule has 0 saturated heterocycles. The quantitative estimate of drug-likeness (QED) is 0.637. The Morgan fingerprint density at radius 1 is 1.14 bits per heavy atom. The van der Waals surface area contributed by atoms with Gasteiger partial charge in [-0.3, -0.25) is 4.79 Å². The Morgan fingerprint density at radius 2 is 1.93 bits per heavy atom. The van der Waals surface area contributed by atoms with E-state index in [2.05, 4.69) is 16.8 Å². The molecule has 0 bridgehead atoms. The number of hydrogen-bond acceptors (Lipinski definition) is 5. The Hall–Kier alpha value is -2.99. The smallest absolute Gasteiger partial charge is 0.251 e. The molecule has 1 atom stereocenters. The summed E-state index contributed by atoms with van der Waals surface area (Å²) < 4.78 is 16.2. The molecule has 0 aliphatic carbocycles. The maximum absolute atomic E-state index is 12.7. The summed E-state index contributed by atoms with van der Waals surface area (Å²) in [5.74, 6) is 1.69. The highest BCUT2D eigenvalue weighted by molar-refractivity contribution is 5.94. The fraction of sp³-hybridized carbons (Fsp3) is 0.318. The van der Waals surface area contributed by atoms with Crippen LogP contribution >= 0.6 is 0 Å². The molecule has 0 saturated carbocycles. The lowest BCUT2D eigenvalue weighted by molar-refractivity contribution is 0.0941. The Kier molecular flexibility index (Phi) is 7.89. The second-order valence-corrected chi connectivity index (χ2v) is 6.43. The van der Waals surface area contributed by atoms with E-state index in [-0.39, 0.29) is 11.9 Å². The molecule has 0 radical (unpaired) electrons. The van der Waals surface area contributed by atoms with Crippen LogP contribution in [0.5, 0.6) is 17.2 Å². The average Bonchev–Trinajstić information content (AvgIpc) is 2.72. The Labute approximate surface area is 166 Å². The Bertz CT molecular complexity index is 805. The van der Waals surface area contributed by atoms with E-state index in [0.29, 0.717) is 30.2 Å². The molecule has 6 heteroatoms. The van der Waals surface area contributed by atoms with E-state index in [1.807, 2.05) is 38.4 Å². The zero-order valence-electron chi connectivity index (χ0n) is 16.9. The van der Waals surface area contributed by atoms with Gasteiger partial charge < -0.3 is 24.4 Å². The Morgan fingerprint density at radius 3 is 2.57 bits per heavy atom. The zero-order valence-corrected chi connectivity index (χ0v) is 16.9. The topological polar surface area (TPSA) is 60.0 Å². The summed E-state index contributed by atoms with van der Waals surface area (Å²) >= 11 is 0. The molecular formula is C22H28N2O4. The predicted octanol–water partition coefficient (Wildman–Crippen LogP) is 3.30. The molecule has 0 heterocycles. The minimum absolute atomic E-state index is 0.0103. The predicted molar refractivity (Wildman–Crippen MR) is 110 cm³/mol. The second-order valence-electron chi connectivity index (χ2n) is 6.43. The summed E-state index contributed by atoms with van der Waals surface area (Å²) in [5.41, 5.74) is 1.57. The van der Waals surface area contributed by atoms with Gasteiger partial charge in [0.2, 0.25) is 0 Å². The lowest BCUT2D eigenvalue weighted by atomic mass is 10.1. The van der Waals surface area contributed by atoms with Gasteiger partial charge >= 0.3 is 0 Å². The molecule has 2 rings (SSSR count). The van der Waals surface area contributed by atoms with Crippen molar-refractivity contribution in [2.24, 2.45) is 0 Å². The van der Waals surface area contributed by atoms with E-state index in [4.69, 9.17) is 14.2 Å². The fourth-order valence-electron chi connectivity index (χ4n) is 2.82. The van der Waals surface area contributed by atoms with Gasteiger partial charge in [-0.05, 0) is 50.0 Å². The van der Waals surface area contributed by atoms with Gasteiger partial charge in [-0.1, -0.05) is 24.8 Å². The monoisotopic (exact) mass is 384 g/mol. The maximum Gasteiger partial charge on any atom is 0.251 e. The van der Waals surface area contributed by atoms with Gasteiger partial charge in [-0.15, -0.1) is 0 Å². The van der Waals surface area contributed by atoms with Crippen LogP contribution in [0.3, 0.4) is 0 Å². The summed E-state index contributed by atoms with van der Waals surface area (Å²) in [5, 5.41) is 3.00. The van der Waals surface area contributed by atoms with Gasteiger partial charge in [0.25, 0.3) is 5.91 Å². The molecule has 6 nitrogen and oxygen atoms in total. The maximum atomic E-state index is 12.7. The van der Waals surface area contributed by atoms with E-state index in [9.17, 15) is 4.79 Å². The number of amides is 1. The number of carbonyl (C=O) groups is 1. The van der Waals surface area contributed by atoms with Crippen molar-refractivity contribution in [2.75, 3.05) is 41.5 Å². The van der Waals surface area contributed by atoms with Gasteiger partial charge in [0, 0.05) is 12.1 Å². The summed E-state index contributed by atoms with van der Waals surface area (Å²) in [6.45, 7) is 4.45. The van der Waals surface area contributed by atoms with Crippen LogP contribution < -0.4 is 19.5 Å². The number of hydrogen-bond donors (Lipinski definition) is 1. The first-order valence-electron chi connectivity index (χ1n) is 9.00. The minimum atomic E-state index is -0.177. The molecule has 0 spiro atoms. The number of likely N-dealkylation sites (N-methyl/N-ethyl adjacent to an activating group) is 1. The summed E-state index contributed by atoms with van der Waals surface area (Å²) in [6, 6.07) is 13.0. The standard InChI is InChI=1S/C22H28N2O4/c1-6-12-28-20-11-10-17(14-21(20)27-5)22(25)23-15-19(24(2)3)16-8-7-9-18(13-16)26-4/h6-11,13-14,19H,1,12,15H2,2-5H3,(H,23,25). The van der Waals surface area contributed by atoms with Gasteiger partial charge in [0.05, 0.1) is 20.3 Å². The van der Waals surface area contributed by atoms with Crippen molar-refractivity contribution in [3.05, 3.63) is 66.2 Å². The SMILES string of the molecule is C=CCOc1ccc(C(=O)NCC(c2cccc(OC)c2)N(C)C)cc1OC. The van der Waals surface area contributed by atoms with Crippen molar-refractivity contribution in [3.63, 3.8) is 0 Å². The molecule has 1 unspecified atom stereocenters. The van der Waals surface area contributed by atoms with Gasteiger partial charge in [0.1, 0.15) is 12.4 Å². The first-order chi connectivity index (χ1) is 13.5. The van der Waals surface area contributed by atoms with E-state index >= 15 is 0 Å². The molecule has 1 amide bonds. The zero-order chi connectivity index (χ0) is 20.5. The van der Waals surface area contributed by atoms with Crippen molar-refractivity contribution >= 4 is 5.91 Å². The molecule has 0 aliphatic rings. The van der Waals surface area contributed by atoms with Crippen molar-refractivity contribution in [2.45, 2.75) is 6.04 Å². The van der Waals surface area contributed by atoms with Crippen LogP contribution in [0, 0.1) is 0 Å². The summed E-state index contributed by atoms with van der Waals surface area (Å²) in [7, 11) is 7.14. The van der Waals surface area contributed by atoms with E-state index < -0.39 is 0 Å². The summed E-state index contributed by atoms with van der Waals surface area (Å²) in [6.07, 6.45) is 1.65. The van der Waals surface area contributed by atoms with Crippen LogP contribution in [-0.4, -0.2) is 52.3 Å². The molecule has 150 valence electrons. The van der Waals surface area contributed by atoms with Crippen molar-refractivity contribution in [3.8, 4) is 17.2 Å². The highest BCUT2D eigenvalue weighted by atomic mass is 16.5. The molecule has 1 N–H and O–H groups in total. The molecule has 2 aromatic carbocycles. The number of nitrogens with one attached hydrogen (secondary N) is 1. The van der Waals surface area contributed by atoms with Crippen molar-refractivity contribution in [1.29, 1.82) is 0 Å². The number of rotatable bonds is 10. The van der Waals surface area contributed by atoms with Crippen LogP contribution in [0.2, 0.25) is 0 Å². The molecular weight excluding hydrogens is 356 g/mol. The number of methoxy groups -OCH3 is 2. The van der Waals surface area contributed by atoms with Crippen LogP contribution in [-0.2, 0) is 0 Å². The minimum Gasteiger partial charge on any atom is -0.497 e. The van der Waals surface area contributed by atoms with E-state index in [1.54, 1.807) is 38.5 Å². The fourth-order valence-corrected chi connectivity index (χ4v) is 2.82. The first kappa shape index (κ1) is 21.3. The number of nitrogens with zero attached hydrogens (tertiary/aromatic N) is 1. The third kappa shape index (κ3) is 5.50. The number of benzene rings is 2. The van der Waals surface area contributed by atoms with E-state index in [0.717, 1.165) is 11.3 Å². The lowest BCUT2D eigenvalue weighted by Crippen LogP contribution is -2.34. The number of ether oxygens (including phenoxy) is 3. The largest absolute Gasteiger partial charge is 0.497 e. The van der Waals surface area contributed by atoms with Crippen LogP contribution in [0.4, 0.5) is 0 Å². The summed E-state index contributed by atoms with van der Waals surface area (Å²) in [4.78, 5) is 14.7. The molecule has 28 heavy (non-hydrogen) atoms. The highest BCUT2D eigenvalue weighted by Gasteiger charge is 2.17. The Balaban J connectivity index is 2.11. The van der Waals surface area contributed by atoms with Crippen LogP contribution in [0.1, 0.15) is 22.0 Å². The van der Waals surface area contributed by atoms with Crippen molar-refractivity contribution < 1.29 is 19.0 Å². The third-order valence-electron chi connectivity index (χ3n) is 4.34. The second kappa shape index (κ2) is 10.4. The normalized spacial score (nSPS) is 11.6. The number of carbonyl (C=O) groups excluding carboxylic acids is 1. The first-order valence-corrected chi connectivity index (χ1v) is 9.00. The molecule has 0 aromatic heterocycles. The van der Waals surface area contributed by atoms with Gasteiger partial charge in [0.15, 0.2) is 11.5 Å². The molecule has 0 fully saturated rings. The third-order valence-corrected chi connectivity index (χ3v) is 4.34. The highest BCUT2D eigenvalue weighted by Crippen LogP contribution is 2.28. The van der Waals surface area contributed by atoms with Crippen LogP contribution in [0.15, 0.2) is 55.1 Å². The lowest BCUT2D eigenvalue weighted by Gasteiger charge is -2.25. The van der Waals surface area contributed by atoms with Gasteiger partial charge in [-0.25, -0.2) is 0 Å². The molecule has 2 aromatic rings. The molecule has 0 aliphatic heterocycles. The van der Waals surface area contributed by atoms with Crippen LogP contribution in [0.25, 0.3) is 0 Å². The average molecular weight is 384 g/mol. The van der Waals surface area contributed by atoms with Crippen molar-refractivity contribution in [1.82, 2.24) is 10.2 Å². The van der Waals surface area contributed by atoms with E-state index in [1.165, 1.54) is 0 Å². The van der Waals surface area contributed by atoms with Gasteiger partial charge in [-0.2, -0.15) is 0 Å².